The summed E-state index contributed by atoms with van der Waals surface area (Å²) in [6.45, 7) is 5.72. The van der Waals surface area contributed by atoms with Crippen molar-refractivity contribution < 1.29 is 14.3 Å². The fourth-order valence-corrected chi connectivity index (χ4v) is 2.91. The number of carbonyl (C=O) groups is 2. The molecule has 0 aliphatic carbocycles. The third-order valence-corrected chi connectivity index (χ3v) is 4.12. The van der Waals surface area contributed by atoms with E-state index in [1.807, 2.05) is 19.1 Å². The molecule has 0 radical (unpaired) electrons. The van der Waals surface area contributed by atoms with E-state index < -0.39 is 5.97 Å². The van der Waals surface area contributed by atoms with Gasteiger partial charge in [-0.05, 0) is 45.1 Å². The number of anilines is 1. The van der Waals surface area contributed by atoms with Crippen LogP contribution >= 0.6 is 23.6 Å². The molecular weight excluding hydrogens is 346 g/mol. The highest BCUT2D eigenvalue weighted by molar-refractivity contribution is 7.80. The average molecular weight is 363 g/mol. The van der Waals surface area contributed by atoms with E-state index in [4.69, 9.17) is 17.0 Å². The van der Waals surface area contributed by atoms with Crippen LogP contribution in [0.25, 0.3) is 0 Å². The summed E-state index contributed by atoms with van der Waals surface area (Å²) in [5.74, 6) is -0.791. The number of nitrogens with zero attached hydrogens (tertiary/aromatic N) is 1. The number of aryl methyl sites for hydroxylation is 2. The number of hydrogen-bond acceptors (Lipinski definition) is 6. The first-order valence-electron chi connectivity index (χ1n) is 7.24. The summed E-state index contributed by atoms with van der Waals surface area (Å²) in [5.41, 5.74) is 1.82. The van der Waals surface area contributed by atoms with Crippen LogP contribution in [0.5, 0.6) is 0 Å². The molecule has 0 saturated carbocycles. The van der Waals surface area contributed by atoms with Gasteiger partial charge in [0, 0.05) is 10.4 Å². The van der Waals surface area contributed by atoms with Crippen molar-refractivity contribution in [1.82, 2.24) is 10.3 Å². The molecule has 0 bridgehead atoms. The molecule has 0 atom stereocenters. The van der Waals surface area contributed by atoms with E-state index in [-0.39, 0.29) is 23.3 Å². The zero-order valence-corrected chi connectivity index (χ0v) is 15.1. The summed E-state index contributed by atoms with van der Waals surface area (Å²) >= 11 is 6.37. The topological polar surface area (TPSA) is 80.3 Å². The first kappa shape index (κ1) is 18.0. The lowest BCUT2D eigenvalue weighted by molar-refractivity contribution is 0.0519. The van der Waals surface area contributed by atoms with Crippen molar-refractivity contribution >= 4 is 45.7 Å². The number of thiazole rings is 1. The molecule has 2 aromatic rings. The van der Waals surface area contributed by atoms with Crippen molar-refractivity contribution in [2.75, 3.05) is 11.9 Å². The molecule has 8 heteroatoms. The number of hydrogen-bond donors (Lipinski definition) is 2. The summed E-state index contributed by atoms with van der Waals surface area (Å²) < 4.78 is 4.93. The lowest BCUT2D eigenvalue weighted by Crippen LogP contribution is -2.34. The molecule has 2 rings (SSSR count). The minimum atomic E-state index is -0.478. The lowest BCUT2D eigenvalue weighted by Gasteiger charge is -2.07. The number of rotatable bonds is 4. The van der Waals surface area contributed by atoms with Gasteiger partial charge in [-0.2, -0.15) is 0 Å². The van der Waals surface area contributed by atoms with E-state index in [0.29, 0.717) is 15.6 Å². The van der Waals surface area contributed by atoms with Gasteiger partial charge in [-0.1, -0.05) is 17.7 Å². The minimum Gasteiger partial charge on any atom is -0.461 e. The van der Waals surface area contributed by atoms with Gasteiger partial charge < -0.3 is 10.1 Å². The predicted octanol–water partition coefficient (Wildman–Crippen LogP) is 3.06. The molecule has 2 N–H and O–H groups in total. The Hall–Kier alpha value is -2.32. The summed E-state index contributed by atoms with van der Waals surface area (Å²) in [7, 11) is 0. The predicted molar refractivity (Wildman–Crippen MR) is 97.7 cm³/mol. The lowest BCUT2D eigenvalue weighted by atomic mass is 10.1. The number of nitrogens with one attached hydrogen (secondary N) is 2. The summed E-state index contributed by atoms with van der Waals surface area (Å²) in [4.78, 5) is 28.7. The second-order valence-electron chi connectivity index (χ2n) is 4.92. The number of ether oxygens (including phenoxy) is 1. The molecule has 0 spiro atoms. The van der Waals surface area contributed by atoms with E-state index in [1.165, 1.54) is 11.3 Å². The zero-order chi connectivity index (χ0) is 17.7. The number of aromatic nitrogens is 1. The van der Waals surface area contributed by atoms with Crippen LogP contribution in [-0.2, 0) is 4.74 Å². The van der Waals surface area contributed by atoms with E-state index in [9.17, 15) is 9.59 Å². The molecule has 0 saturated heterocycles. The fraction of sp³-hybridized carbons (Fsp3) is 0.250. The van der Waals surface area contributed by atoms with Crippen LogP contribution in [0.4, 0.5) is 5.13 Å². The number of carbonyl (C=O) groups excluding carboxylic acids is 2. The smallest absolute Gasteiger partial charge is 0.358 e. The molecule has 24 heavy (non-hydrogen) atoms. The maximum absolute atomic E-state index is 12.1. The molecule has 126 valence electrons. The Labute approximate surface area is 149 Å². The monoisotopic (exact) mass is 363 g/mol. The van der Waals surface area contributed by atoms with Gasteiger partial charge in [0.1, 0.15) is 0 Å². The Morgan fingerprint density at radius 2 is 1.92 bits per heavy atom. The van der Waals surface area contributed by atoms with Crippen LogP contribution in [0, 0.1) is 13.8 Å². The summed E-state index contributed by atoms with van der Waals surface area (Å²) in [5, 5.41) is 5.93. The van der Waals surface area contributed by atoms with Crippen molar-refractivity contribution in [1.29, 1.82) is 0 Å². The Bertz CT molecular complexity index is 769. The maximum atomic E-state index is 12.1. The van der Waals surface area contributed by atoms with Crippen molar-refractivity contribution in [3.05, 3.63) is 46.0 Å². The maximum Gasteiger partial charge on any atom is 0.358 e. The molecule has 1 aromatic carbocycles. The molecular formula is C16H17N3O3S2. The number of esters is 1. The van der Waals surface area contributed by atoms with E-state index in [2.05, 4.69) is 15.6 Å². The van der Waals surface area contributed by atoms with Gasteiger partial charge in [0.15, 0.2) is 15.9 Å². The minimum absolute atomic E-state index is 0.115. The number of benzene rings is 1. The van der Waals surface area contributed by atoms with Crippen molar-refractivity contribution in [2.24, 2.45) is 0 Å². The number of thiocarbonyl (C=S) groups is 1. The molecule has 0 unspecified atom stereocenters. The zero-order valence-electron chi connectivity index (χ0n) is 13.5. The van der Waals surface area contributed by atoms with Crippen molar-refractivity contribution in [3.8, 4) is 0 Å². The Kier molecular flexibility index (Phi) is 5.99. The highest BCUT2D eigenvalue weighted by Crippen LogP contribution is 2.22. The standard InChI is InChI=1S/C16H17N3O3S2/c1-4-22-14(21)12-10(3)24-16(17-12)19-15(23)18-13(20)11-7-5-9(2)6-8-11/h5-8H,4H2,1-3H3,(H2,17,18,19,20,23). The van der Waals surface area contributed by atoms with Crippen LogP contribution in [0.3, 0.4) is 0 Å². The van der Waals surface area contributed by atoms with E-state index >= 15 is 0 Å². The first-order chi connectivity index (χ1) is 11.4. The first-order valence-corrected chi connectivity index (χ1v) is 8.46. The third-order valence-electron chi connectivity index (χ3n) is 3.03. The van der Waals surface area contributed by atoms with Crippen LogP contribution in [0.15, 0.2) is 24.3 Å². The third kappa shape index (κ3) is 4.59. The Balaban J connectivity index is 1.99. The summed E-state index contributed by atoms with van der Waals surface area (Å²) in [6, 6.07) is 7.14. The molecule has 0 aliphatic heterocycles. The highest BCUT2D eigenvalue weighted by atomic mass is 32.1. The largest absolute Gasteiger partial charge is 0.461 e. The van der Waals surface area contributed by atoms with Gasteiger partial charge in [0.25, 0.3) is 5.91 Å². The highest BCUT2D eigenvalue weighted by Gasteiger charge is 2.17. The van der Waals surface area contributed by atoms with Gasteiger partial charge in [-0.25, -0.2) is 9.78 Å². The average Bonchev–Trinajstić information content (AvgIpc) is 2.88. The van der Waals surface area contributed by atoms with Crippen LogP contribution in [0.1, 0.15) is 38.2 Å². The SMILES string of the molecule is CCOC(=O)c1nc(NC(=S)NC(=O)c2ccc(C)cc2)sc1C. The molecule has 6 nitrogen and oxygen atoms in total. The fourth-order valence-electron chi connectivity index (χ4n) is 1.85. The Morgan fingerprint density at radius 1 is 1.25 bits per heavy atom. The second-order valence-corrected chi connectivity index (χ2v) is 6.53. The van der Waals surface area contributed by atoms with Crippen molar-refractivity contribution in [3.63, 3.8) is 0 Å². The van der Waals surface area contributed by atoms with E-state index in [1.54, 1.807) is 26.0 Å². The van der Waals surface area contributed by atoms with Crippen LogP contribution in [-0.4, -0.2) is 28.6 Å². The van der Waals surface area contributed by atoms with Gasteiger partial charge in [-0.3, -0.25) is 10.1 Å². The normalized spacial score (nSPS) is 10.1. The van der Waals surface area contributed by atoms with Gasteiger partial charge in [-0.15, -0.1) is 11.3 Å². The van der Waals surface area contributed by atoms with E-state index in [0.717, 1.165) is 5.56 Å². The molecule has 1 heterocycles. The van der Waals surface area contributed by atoms with Crippen LogP contribution in [0.2, 0.25) is 0 Å². The Morgan fingerprint density at radius 3 is 2.54 bits per heavy atom. The van der Waals surface area contributed by atoms with Crippen LogP contribution < -0.4 is 10.6 Å². The van der Waals surface area contributed by atoms with Gasteiger partial charge >= 0.3 is 5.97 Å². The quantitative estimate of drug-likeness (QED) is 0.642. The number of amides is 1. The second kappa shape index (κ2) is 7.98. The molecule has 0 fully saturated rings. The van der Waals surface area contributed by atoms with Gasteiger partial charge in [0.05, 0.1) is 6.61 Å². The summed E-state index contributed by atoms with van der Waals surface area (Å²) in [6.07, 6.45) is 0. The van der Waals surface area contributed by atoms with Crippen molar-refractivity contribution in [2.45, 2.75) is 20.8 Å². The molecule has 1 amide bonds. The molecule has 0 aliphatic rings. The molecule has 1 aromatic heterocycles. The van der Waals surface area contributed by atoms with Gasteiger partial charge in [0.2, 0.25) is 0 Å².